The summed E-state index contributed by atoms with van der Waals surface area (Å²) in [7, 11) is 0. The van der Waals surface area contributed by atoms with Gasteiger partial charge in [-0.05, 0) is 35.4 Å². The third kappa shape index (κ3) is 2.82. The van der Waals surface area contributed by atoms with Crippen LogP contribution in [0.4, 0.5) is 4.79 Å². The number of hydrogen-bond acceptors (Lipinski definition) is 4. The topological polar surface area (TPSA) is 102 Å². The quantitative estimate of drug-likeness (QED) is 0.595. The van der Waals surface area contributed by atoms with E-state index in [-0.39, 0.29) is 5.56 Å². The van der Waals surface area contributed by atoms with Gasteiger partial charge in [0, 0.05) is 11.8 Å². The molecule has 7 heteroatoms. The summed E-state index contributed by atoms with van der Waals surface area (Å²) in [5.74, 6) is 1.05. The first kappa shape index (κ1) is 15.6. The molecule has 3 N–H and O–H groups in total. The molecule has 0 aliphatic carbocycles. The lowest BCUT2D eigenvalue weighted by Gasteiger charge is -2.07. The fourth-order valence-electron chi connectivity index (χ4n) is 2.81. The van der Waals surface area contributed by atoms with E-state index in [4.69, 9.17) is 10.5 Å². The van der Waals surface area contributed by atoms with Gasteiger partial charge in [-0.15, -0.1) is 0 Å². The molecule has 0 spiro atoms. The van der Waals surface area contributed by atoms with E-state index < -0.39 is 6.09 Å². The van der Waals surface area contributed by atoms with Crippen LogP contribution in [-0.2, 0) is 0 Å². The second-order valence-electron chi connectivity index (χ2n) is 5.66. The molecule has 0 radical (unpaired) electrons. The molecule has 0 unspecified atom stereocenters. The Morgan fingerprint density at radius 3 is 2.23 bits per heavy atom. The van der Waals surface area contributed by atoms with Crippen molar-refractivity contribution in [1.29, 1.82) is 0 Å². The van der Waals surface area contributed by atoms with Crippen LogP contribution in [0.1, 0.15) is 0 Å². The fraction of sp³-hybridized carbons (Fsp3) is 0. The molecule has 0 saturated heterocycles. The van der Waals surface area contributed by atoms with Gasteiger partial charge in [0.15, 0.2) is 5.82 Å². The normalized spacial score (nSPS) is 10.8. The molecular formula is C19H14N4O3. The maximum atomic E-state index is 11.8. The van der Waals surface area contributed by atoms with Crippen molar-refractivity contribution in [2.45, 2.75) is 0 Å². The van der Waals surface area contributed by atoms with Gasteiger partial charge in [0.25, 0.3) is 5.56 Å². The zero-order chi connectivity index (χ0) is 18.1. The molecule has 0 aliphatic rings. The van der Waals surface area contributed by atoms with Gasteiger partial charge in [-0.2, -0.15) is 5.10 Å². The molecule has 4 aromatic rings. The van der Waals surface area contributed by atoms with E-state index in [1.54, 1.807) is 34.9 Å². The molecular weight excluding hydrogens is 332 g/mol. The second-order valence-corrected chi connectivity index (χ2v) is 5.66. The minimum Gasteiger partial charge on any atom is -0.411 e. The number of amides is 1. The number of carbonyl (C=O) groups excluding carboxylic acids is 1. The molecule has 26 heavy (non-hydrogen) atoms. The summed E-state index contributed by atoms with van der Waals surface area (Å²) in [6, 6.07) is 18.4. The highest BCUT2D eigenvalue weighted by Crippen LogP contribution is 2.25. The molecule has 128 valence electrons. The Bertz CT molecular complexity index is 1140. The number of carbonyl (C=O) groups is 1. The summed E-state index contributed by atoms with van der Waals surface area (Å²) < 4.78 is 6.58. The van der Waals surface area contributed by atoms with Gasteiger partial charge in [0.1, 0.15) is 11.3 Å². The van der Waals surface area contributed by atoms with Gasteiger partial charge >= 0.3 is 6.09 Å². The van der Waals surface area contributed by atoms with Gasteiger partial charge in [-0.1, -0.05) is 36.4 Å². The molecule has 2 aromatic heterocycles. The van der Waals surface area contributed by atoms with Crippen molar-refractivity contribution in [3.05, 3.63) is 77.2 Å². The number of nitrogens with two attached hydrogens (primary N) is 1. The van der Waals surface area contributed by atoms with E-state index in [2.05, 4.69) is 10.2 Å². The Labute approximate surface area is 147 Å². The number of aromatic nitrogens is 3. The molecule has 7 nitrogen and oxygen atoms in total. The van der Waals surface area contributed by atoms with Gasteiger partial charge < -0.3 is 10.5 Å². The van der Waals surface area contributed by atoms with E-state index in [0.717, 1.165) is 16.7 Å². The first-order valence-corrected chi connectivity index (χ1v) is 7.86. The van der Waals surface area contributed by atoms with E-state index >= 15 is 0 Å². The monoisotopic (exact) mass is 346 g/mol. The number of H-pyrrole nitrogens is 1. The fourth-order valence-corrected chi connectivity index (χ4v) is 2.81. The SMILES string of the molecule is NC(=O)Oc1ccc(-c2ccc(-c3n[nH]c(=O)c4cccn34)cc2)cc1. The van der Waals surface area contributed by atoms with Crippen molar-refractivity contribution in [2.75, 3.05) is 0 Å². The van der Waals surface area contributed by atoms with Crippen LogP contribution < -0.4 is 16.0 Å². The third-order valence-corrected chi connectivity index (χ3v) is 4.02. The van der Waals surface area contributed by atoms with Crippen LogP contribution in [0.2, 0.25) is 0 Å². The van der Waals surface area contributed by atoms with Crippen molar-refractivity contribution in [1.82, 2.24) is 14.6 Å². The van der Waals surface area contributed by atoms with Gasteiger partial charge in [-0.25, -0.2) is 9.89 Å². The van der Waals surface area contributed by atoms with Gasteiger partial charge in [0.2, 0.25) is 0 Å². The van der Waals surface area contributed by atoms with Crippen LogP contribution in [0.3, 0.4) is 0 Å². The molecule has 2 aromatic carbocycles. The summed E-state index contributed by atoms with van der Waals surface area (Å²) >= 11 is 0. The molecule has 0 aliphatic heterocycles. The maximum absolute atomic E-state index is 11.8. The number of fused-ring (bicyclic) bond motifs is 1. The summed E-state index contributed by atoms with van der Waals surface area (Å²) in [5, 5.41) is 6.67. The predicted molar refractivity (Wildman–Crippen MR) is 96.9 cm³/mol. The maximum Gasteiger partial charge on any atom is 0.409 e. The molecule has 0 atom stereocenters. The average Bonchev–Trinajstić information content (AvgIpc) is 3.13. The Morgan fingerprint density at radius 1 is 0.962 bits per heavy atom. The summed E-state index contributed by atoms with van der Waals surface area (Å²) in [6.45, 7) is 0. The van der Waals surface area contributed by atoms with E-state index in [1.165, 1.54) is 0 Å². The largest absolute Gasteiger partial charge is 0.411 e. The van der Waals surface area contributed by atoms with Crippen LogP contribution in [0.25, 0.3) is 28.0 Å². The third-order valence-electron chi connectivity index (χ3n) is 4.02. The van der Waals surface area contributed by atoms with E-state index in [9.17, 15) is 9.59 Å². The van der Waals surface area contributed by atoms with Crippen LogP contribution in [0.5, 0.6) is 5.75 Å². The standard InChI is InChI=1S/C19H14N4O3/c20-19(25)26-15-9-7-13(8-10-15)12-3-5-14(6-4-12)17-21-22-18(24)16-2-1-11-23(16)17/h1-11H,(H2,20,25)(H,22,24). The van der Waals surface area contributed by atoms with E-state index in [0.29, 0.717) is 17.1 Å². The Balaban J connectivity index is 1.66. The molecule has 4 rings (SSSR count). The summed E-state index contributed by atoms with van der Waals surface area (Å²) in [4.78, 5) is 22.5. The van der Waals surface area contributed by atoms with E-state index in [1.807, 2.05) is 36.4 Å². The lowest BCUT2D eigenvalue weighted by molar-refractivity contribution is 0.211. The zero-order valence-corrected chi connectivity index (χ0v) is 13.5. The van der Waals surface area contributed by atoms with Crippen molar-refractivity contribution in [3.8, 4) is 28.3 Å². The van der Waals surface area contributed by atoms with Crippen molar-refractivity contribution in [2.24, 2.45) is 5.73 Å². The average molecular weight is 346 g/mol. The molecule has 2 heterocycles. The summed E-state index contributed by atoms with van der Waals surface area (Å²) in [5.41, 5.74) is 8.15. The minimum atomic E-state index is -0.841. The second kappa shape index (κ2) is 6.21. The summed E-state index contributed by atoms with van der Waals surface area (Å²) in [6.07, 6.45) is 0.963. The lowest BCUT2D eigenvalue weighted by Crippen LogP contribution is -2.16. The highest BCUT2D eigenvalue weighted by molar-refractivity contribution is 5.71. The van der Waals surface area contributed by atoms with Crippen molar-refractivity contribution < 1.29 is 9.53 Å². The first-order valence-electron chi connectivity index (χ1n) is 7.86. The van der Waals surface area contributed by atoms with Crippen molar-refractivity contribution >= 4 is 11.6 Å². The highest BCUT2D eigenvalue weighted by atomic mass is 16.5. The number of hydrogen-bond donors (Lipinski definition) is 2. The first-order chi connectivity index (χ1) is 12.6. The Morgan fingerprint density at radius 2 is 1.58 bits per heavy atom. The number of nitrogens with zero attached hydrogens (tertiary/aromatic N) is 2. The Kier molecular flexibility index (Phi) is 3.74. The van der Waals surface area contributed by atoms with Crippen LogP contribution >= 0.6 is 0 Å². The minimum absolute atomic E-state index is 0.228. The van der Waals surface area contributed by atoms with Crippen LogP contribution in [0.15, 0.2) is 71.7 Å². The highest BCUT2D eigenvalue weighted by Gasteiger charge is 2.08. The van der Waals surface area contributed by atoms with Crippen LogP contribution in [0, 0.1) is 0 Å². The number of aromatic amines is 1. The number of nitrogens with one attached hydrogen (secondary N) is 1. The smallest absolute Gasteiger partial charge is 0.409 e. The molecule has 0 bridgehead atoms. The van der Waals surface area contributed by atoms with Gasteiger partial charge in [-0.3, -0.25) is 9.20 Å². The zero-order valence-electron chi connectivity index (χ0n) is 13.5. The number of ether oxygens (including phenoxy) is 1. The lowest BCUT2D eigenvalue weighted by atomic mass is 10.0. The molecule has 0 saturated carbocycles. The number of benzene rings is 2. The van der Waals surface area contributed by atoms with Gasteiger partial charge in [0.05, 0.1) is 0 Å². The predicted octanol–water partition coefficient (Wildman–Crippen LogP) is 2.81. The number of rotatable bonds is 3. The van der Waals surface area contributed by atoms with Crippen LogP contribution in [-0.4, -0.2) is 20.7 Å². The molecule has 1 amide bonds. The molecule has 0 fully saturated rings. The van der Waals surface area contributed by atoms with Crippen molar-refractivity contribution in [3.63, 3.8) is 0 Å². The number of primary amides is 1. The Hall–Kier alpha value is -3.87.